The lowest BCUT2D eigenvalue weighted by atomic mass is 10.1. The van der Waals surface area contributed by atoms with Crippen LogP contribution in [0, 0.1) is 0 Å². The number of hydrogen-bond donors (Lipinski definition) is 2. The Morgan fingerprint density at radius 3 is 2.45 bits per heavy atom. The zero-order valence-corrected chi connectivity index (χ0v) is 11.4. The number of rotatable bonds is 7. The summed E-state index contributed by atoms with van der Waals surface area (Å²) in [7, 11) is 0. The molecule has 0 spiro atoms. The van der Waals surface area contributed by atoms with Gasteiger partial charge in [-0.25, -0.2) is 9.59 Å². The van der Waals surface area contributed by atoms with Gasteiger partial charge in [-0.15, -0.1) is 0 Å². The lowest BCUT2D eigenvalue weighted by Gasteiger charge is -2.22. The Kier molecular flexibility index (Phi) is 6.52. The summed E-state index contributed by atoms with van der Waals surface area (Å²) >= 11 is 0. The van der Waals surface area contributed by atoms with Crippen molar-refractivity contribution < 1.29 is 24.5 Å². The number of carbonyl (C=O) groups is 2. The number of carboxylic acids is 1. The summed E-state index contributed by atoms with van der Waals surface area (Å²) in [5.74, 6) is -1.19. The number of carbonyl (C=O) groups excluding carboxylic acids is 1. The molecule has 1 atom stereocenters. The van der Waals surface area contributed by atoms with E-state index in [1.54, 1.807) is 31.2 Å². The molecular formula is C14H19NO5. The molecule has 1 aromatic carbocycles. The Bertz CT molecular complexity index is 434. The minimum atomic E-state index is -1.24. The van der Waals surface area contributed by atoms with Crippen molar-refractivity contribution in [3.8, 4) is 0 Å². The third-order valence-corrected chi connectivity index (χ3v) is 2.79. The summed E-state index contributed by atoms with van der Waals surface area (Å²) in [6.07, 6.45) is -1.86. The molecule has 0 saturated carbocycles. The van der Waals surface area contributed by atoms with Crippen LogP contribution >= 0.6 is 0 Å². The van der Waals surface area contributed by atoms with Gasteiger partial charge in [-0.2, -0.15) is 0 Å². The zero-order valence-electron chi connectivity index (χ0n) is 11.4. The molecule has 0 bridgehead atoms. The minimum Gasteiger partial charge on any atom is -0.478 e. The van der Waals surface area contributed by atoms with E-state index in [0.717, 1.165) is 5.56 Å². The van der Waals surface area contributed by atoms with Gasteiger partial charge >= 0.3 is 12.1 Å². The third-order valence-electron chi connectivity index (χ3n) is 2.79. The number of benzene rings is 1. The number of hydrogen-bond acceptors (Lipinski definition) is 4. The van der Waals surface area contributed by atoms with Gasteiger partial charge in [0.05, 0.1) is 6.61 Å². The van der Waals surface area contributed by atoms with Crippen LogP contribution in [0.15, 0.2) is 30.3 Å². The molecular weight excluding hydrogens is 262 g/mol. The highest BCUT2D eigenvalue weighted by molar-refractivity contribution is 5.77. The lowest BCUT2D eigenvalue weighted by molar-refractivity contribution is -0.147. The maximum absolute atomic E-state index is 11.8. The Labute approximate surface area is 117 Å². The average Bonchev–Trinajstić information content (AvgIpc) is 2.44. The van der Waals surface area contributed by atoms with Crippen molar-refractivity contribution in [3.05, 3.63) is 35.9 Å². The fraction of sp³-hybridized carbons (Fsp3) is 0.429. The second-order valence-electron chi connectivity index (χ2n) is 4.20. The summed E-state index contributed by atoms with van der Waals surface area (Å²) in [6.45, 7) is 1.99. The molecule has 0 aromatic heterocycles. The Morgan fingerprint density at radius 2 is 1.95 bits per heavy atom. The van der Waals surface area contributed by atoms with Crippen molar-refractivity contribution in [1.29, 1.82) is 0 Å². The van der Waals surface area contributed by atoms with Gasteiger partial charge in [-0.3, -0.25) is 0 Å². The fourth-order valence-corrected chi connectivity index (χ4v) is 1.70. The van der Waals surface area contributed by atoms with Crippen LogP contribution in [0.25, 0.3) is 0 Å². The molecule has 110 valence electrons. The standard InChI is InChI=1S/C14H19NO5/c1-2-15(8-9-16)14(19)20-12(13(17)18)10-11-6-4-3-5-7-11/h3-7,12,16H,2,8-10H2,1H3,(H,17,18)/t12-/m0/s1. The van der Waals surface area contributed by atoms with Gasteiger partial charge in [0.2, 0.25) is 6.10 Å². The van der Waals surface area contributed by atoms with Crippen LogP contribution in [0.1, 0.15) is 12.5 Å². The van der Waals surface area contributed by atoms with E-state index in [4.69, 9.17) is 14.9 Å². The Hall–Kier alpha value is -2.08. The summed E-state index contributed by atoms with van der Waals surface area (Å²) in [5, 5.41) is 18.0. The first-order chi connectivity index (χ1) is 9.58. The molecule has 0 saturated heterocycles. The van der Waals surface area contributed by atoms with Crippen LogP contribution in [0.3, 0.4) is 0 Å². The van der Waals surface area contributed by atoms with Crippen molar-refractivity contribution in [2.75, 3.05) is 19.7 Å². The molecule has 2 N–H and O–H groups in total. The summed E-state index contributed by atoms with van der Waals surface area (Å²) in [5.41, 5.74) is 0.776. The molecule has 0 aliphatic heterocycles. The quantitative estimate of drug-likeness (QED) is 0.782. The third kappa shape index (κ3) is 4.89. The van der Waals surface area contributed by atoms with E-state index in [1.807, 2.05) is 6.07 Å². The predicted molar refractivity (Wildman–Crippen MR) is 72.4 cm³/mol. The van der Waals surface area contributed by atoms with E-state index in [9.17, 15) is 9.59 Å². The number of nitrogens with zero attached hydrogens (tertiary/aromatic N) is 1. The van der Waals surface area contributed by atoms with Crippen molar-refractivity contribution in [1.82, 2.24) is 4.90 Å². The van der Waals surface area contributed by atoms with Crippen molar-refractivity contribution in [2.45, 2.75) is 19.4 Å². The summed E-state index contributed by atoms with van der Waals surface area (Å²) < 4.78 is 5.00. The van der Waals surface area contributed by atoms with Crippen molar-refractivity contribution in [3.63, 3.8) is 0 Å². The van der Waals surface area contributed by atoms with Crippen LogP contribution in [-0.2, 0) is 16.0 Å². The predicted octanol–water partition coefficient (Wildman–Crippen LogP) is 1.13. The minimum absolute atomic E-state index is 0.110. The number of amides is 1. The first-order valence-electron chi connectivity index (χ1n) is 6.41. The Balaban J connectivity index is 2.68. The zero-order chi connectivity index (χ0) is 15.0. The highest BCUT2D eigenvalue weighted by Gasteiger charge is 2.25. The molecule has 0 unspecified atom stereocenters. The second kappa shape index (κ2) is 8.16. The fourth-order valence-electron chi connectivity index (χ4n) is 1.70. The molecule has 1 amide bonds. The molecule has 6 heteroatoms. The van der Waals surface area contributed by atoms with Gasteiger partial charge in [0, 0.05) is 19.5 Å². The van der Waals surface area contributed by atoms with E-state index < -0.39 is 18.2 Å². The maximum Gasteiger partial charge on any atom is 0.410 e. The lowest BCUT2D eigenvalue weighted by Crippen LogP contribution is -2.39. The highest BCUT2D eigenvalue weighted by atomic mass is 16.6. The van der Waals surface area contributed by atoms with Crippen LogP contribution < -0.4 is 0 Å². The van der Waals surface area contributed by atoms with Gasteiger partial charge in [0.15, 0.2) is 0 Å². The molecule has 1 rings (SSSR count). The molecule has 0 aliphatic rings. The van der Waals surface area contributed by atoms with Crippen LogP contribution in [0.5, 0.6) is 0 Å². The first-order valence-corrected chi connectivity index (χ1v) is 6.41. The van der Waals surface area contributed by atoms with E-state index in [0.29, 0.717) is 6.54 Å². The molecule has 0 fully saturated rings. The molecule has 0 heterocycles. The van der Waals surface area contributed by atoms with Gasteiger partial charge in [0.25, 0.3) is 0 Å². The van der Waals surface area contributed by atoms with E-state index in [1.165, 1.54) is 4.90 Å². The smallest absolute Gasteiger partial charge is 0.410 e. The SMILES string of the molecule is CCN(CCO)C(=O)O[C@@H](Cc1ccccc1)C(=O)O. The number of aliphatic carboxylic acids is 1. The number of likely N-dealkylation sites (N-methyl/N-ethyl adjacent to an activating group) is 1. The topological polar surface area (TPSA) is 87.1 Å². The second-order valence-corrected chi connectivity index (χ2v) is 4.20. The van der Waals surface area contributed by atoms with E-state index in [-0.39, 0.29) is 19.6 Å². The van der Waals surface area contributed by atoms with Crippen LogP contribution in [-0.4, -0.2) is 53.0 Å². The number of ether oxygens (including phenoxy) is 1. The highest BCUT2D eigenvalue weighted by Crippen LogP contribution is 2.08. The molecule has 20 heavy (non-hydrogen) atoms. The monoisotopic (exact) mass is 281 g/mol. The number of aliphatic hydroxyl groups excluding tert-OH is 1. The van der Waals surface area contributed by atoms with Crippen LogP contribution in [0.4, 0.5) is 4.79 Å². The van der Waals surface area contributed by atoms with Gasteiger partial charge < -0.3 is 19.8 Å². The molecule has 6 nitrogen and oxygen atoms in total. The Morgan fingerprint density at radius 1 is 1.30 bits per heavy atom. The van der Waals surface area contributed by atoms with Crippen LogP contribution in [0.2, 0.25) is 0 Å². The molecule has 1 aromatic rings. The maximum atomic E-state index is 11.8. The van der Waals surface area contributed by atoms with Gasteiger partial charge in [-0.1, -0.05) is 30.3 Å². The molecule has 0 aliphatic carbocycles. The van der Waals surface area contributed by atoms with Gasteiger partial charge in [-0.05, 0) is 12.5 Å². The normalized spacial score (nSPS) is 11.7. The number of carboxylic acid groups (broad SMARTS) is 1. The van der Waals surface area contributed by atoms with Crippen molar-refractivity contribution in [2.24, 2.45) is 0 Å². The summed E-state index contributed by atoms with van der Waals surface area (Å²) in [4.78, 5) is 24.2. The average molecular weight is 281 g/mol. The van der Waals surface area contributed by atoms with Gasteiger partial charge in [0.1, 0.15) is 0 Å². The van der Waals surface area contributed by atoms with E-state index >= 15 is 0 Å². The summed E-state index contributed by atoms with van der Waals surface area (Å²) in [6, 6.07) is 8.95. The van der Waals surface area contributed by atoms with Crippen molar-refractivity contribution >= 4 is 12.1 Å². The van der Waals surface area contributed by atoms with E-state index in [2.05, 4.69) is 0 Å². The largest absolute Gasteiger partial charge is 0.478 e. The first kappa shape index (κ1) is 16.0. The number of aliphatic hydroxyl groups is 1. The molecule has 0 radical (unpaired) electrons.